The maximum atomic E-state index is 12.1. The number of halogens is 2. The van der Waals surface area contributed by atoms with E-state index in [0.717, 1.165) is 37.2 Å². The van der Waals surface area contributed by atoms with Crippen molar-refractivity contribution in [3.63, 3.8) is 0 Å². The molecule has 1 fully saturated rings. The normalized spacial score (nSPS) is 14.4. The summed E-state index contributed by atoms with van der Waals surface area (Å²) in [5, 5.41) is 3.25. The molecule has 0 bridgehead atoms. The number of para-hydroxylation sites is 2. The Kier molecular flexibility index (Phi) is 6.95. The van der Waals surface area contributed by atoms with Gasteiger partial charge in [-0.1, -0.05) is 12.1 Å². The first-order valence-electron chi connectivity index (χ1n) is 6.73. The van der Waals surface area contributed by atoms with E-state index in [0.29, 0.717) is 13.0 Å². The Morgan fingerprint density at radius 3 is 2.67 bits per heavy atom. The van der Waals surface area contributed by atoms with Crippen LogP contribution in [0.2, 0.25) is 0 Å². The van der Waals surface area contributed by atoms with Crippen molar-refractivity contribution >= 4 is 41.8 Å². The van der Waals surface area contributed by atoms with Gasteiger partial charge in [0.05, 0.1) is 17.4 Å². The van der Waals surface area contributed by atoms with Crippen LogP contribution < -0.4 is 5.32 Å². The second-order valence-corrected chi connectivity index (χ2v) is 4.81. The molecular weight excluding hydrogens is 311 g/mol. The van der Waals surface area contributed by atoms with Gasteiger partial charge < -0.3 is 14.8 Å². The van der Waals surface area contributed by atoms with Gasteiger partial charge in [0, 0.05) is 39.1 Å². The monoisotopic (exact) mass is 330 g/mol. The third-order valence-electron chi connectivity index (χ3n) is 3.56. The van der Waals surface area contributed by atoms with Crippen molar-refractivity contribution in [2.24, 2.45) is 0 Å². The minimum Gasteiger partial charge on any atom is -0.340 e. The molecule has 116 valence electrons. The smallest absolute Gasteiger partial charge is 0.224 e. The topological polar surface area (TPSA) is 50.2 Å². The second kappa shape index (κ2) is 8.22. The fourth-order valence-electron chi connectivity index (χ4n) is 2.48. The van der Waals surface area contributed by atoms with Crippen LogP contribution in [0, 0.1) is 0 Å². The number of amides is 1. The van der Waals surface area contributed by atoms with Crippen LogP contribution >= 0.6 is 24.8 Å². The van der Waals surface area contributed by atoms with Gasteiger partial charge in [-0.25, -0.2) is 4.98 Å². The van der Waals surface area contributed by atoms with Crippen LogP contribution in [0.25, 0.3) is 11.0 Å². The number of imidazole rings is 1. The Morgan fingerprint density at radius 2 is 1.90 bits per heavy atom. The largest absolute Gasteiger partial charge is 0.340 e. The fraction of sp³-hybridized carbons (Fsp3) is 0.429. The Morgan fingerprint density at radius 1 is 1.19 bits per heavy atom. The number of aromatic nitrogens is 2. The molecule has 0 unspecified atom stereocenters. The molecule has 2 heterocycles. The molecular formula is C14H20Cl2N4O. The van der Waals surface area contributed by atoms with Gasteiger partial charge in [0.15, 0.2) is 0 Å². The molecule has 1 aromatic carbocycles. The molecule has 21 heavy (non-hydrogen) atoms. The quantitative estimate of drug-likeness (QED) is 0.931. The maximum absolute atomic E-state index is 12.1. The van der Waals surface area contributed by atoms with Crippen molar-refractivity contribution in [1.29, 1.82) is 0 Å². The summed E-state index contributed by atoms with van der Waals surface area (Å²) in [5.41, 5.74) is 2.08. The first-order valence-corrected chi connectivity index (χ1v) is 6.73. The summed E-state index contributed by atoms with van der Waals surface area (Å²) in [6, 6.07) is 8.01. The zero-order chi connectivity index (χ0) is 13.1. The van der Waals surface area contributed by atoms with Crippen LogP contribution in [0.3, 0.4) is 0 Å². The number of piperazine rings is 1. The summed E-state index contributed by atoms with van der Waals surface area (Å²) < 4.78 is 2.05. The molecule has 1 aromatic heterocycles. The van der Waals surface area contributed by atoms with E-state index in [2.05, 4.69) is 14.9 Å². The molecule has 1 N–H and O–H groups in total. The van der Waals surface area contributed by atoms with E-state index >= 15 is 0 Å². The average molecular weight is 331 g/mol. The number of aryl methyl sites for hydroxylation is 1. The summed E-state index contributed by atoms with van der Waals surface area (Å²) in [5.74, 6) is 0.235. The van der Waals surface area contributed by atoms with E-state index in [1.165, 1.54) is 0 Å². The van der Waals surface area contributed by atoms with Crippen LogP contribution in [0.1, 0.15) is 6.42 Å². The first kappa shape index (κ1) is 17.8. The van der Waals surface area contributed by atoms with Gasteiger partial charge in [-0.2, -0.15) is 0 Å². The maximum Gasteiger partial charge on any atom is 0.224 e. The van der Waals surface area contributed by atoms with E-state index in [1.54, 1.807) is 0 Å². The number of nitrogens with one attached hydrogen (secondary N) is 1. The van der Waals surface area contributed by atoms with E-state index in [4.69, 9.17) is 0 Å². The summed E-state index contributed by atoms with van der Waals surface area (Å²) >= 11 is 0. The number of carbonyl (C=O) groups is 1. The summed E-state index contributed by atoms with van der Waals surface area (Å²) in [6.45, 7) is 4.15. The van der Waals surface area contributed by atoms with E-state index in [1.807, 2.05) is 35.5 Å². The minimum absolute atomic E-state index is 0. The highest BCUT2D eigenvalue weighted by molar-refractivity contribution is 5.85. The van der Waals surface area contributed by atoms with Crippen LogP contribution in [0.15, 0.2) is 30.6 Å². The van der Waals surface area contributed by atoms with Gasteiger partial charge in [0.25, 0.3) is 0 Å². The summed E-state index contributed by atoms with van der Waals surface area (Å²) in [6.07, 6.45) is 2.36. The van der Waals surface area contributed by atoms with Crippen LogP contribution in [-0.2, 0) is 11.3 Å². The molecule has 2 aromatic rings. The van der Waals surface area contributed by atoms with Gasteiger partial charge in [-0.05, 0) is 12.1 Å². The van der Waals surface area contributed by atoms with Gasteiger partial charge in [-0.3, -0.25) is 4.79 Å². The van der Waals surface area contributed by atoms with Crippen molar-refractivity contribution in [1.82, 2.24) is 19.8 Å². The lowest BCUT2D eigenvalue weighted by atomic mass is 10.3. The number of hydrogen-bond donors (Lipinski definition) is 1. The molecule has 0 spiro atoms. The second-order valence-electron chi connectivity index (χ2n) is 4.81. The van der Waals surface area contributed by atoms with E-state index < -0.39 is 0 Å². The third kappa shape index (κ3) is 4.09. The molecule has 7 heteroatoms. The molecule has 1 amide bonds. The number of fused-ring (bicyclic) bond motifs is 1. The summed E-state index contributed by atoms with van der Waals surface area (Å²) in [7, 11) is 0. The molecule has 1 saturated heterocycles. The van der Waals surface area contributed by atoms with Crippen LogP contribution in [0.5, 0.6) is 0 Å². The van der Waals surface area contributed by atoms with Gasteiger partial charge >= 0.3 is 0 Å². The van der Waals surface area contributed by atoms with E-state index in [-0.39, 0.29) is 30.7 Å². The molecule has 3 rings (SSSR count). The molecule has 0 saturated carbocycles. The van der Waals surface area contributed by atoms with Crippen molar-refractivity contribution in [3.05, 3.63) is 30.6 Å². The van der Waals surface area contributed by atoms with Crippen molar-refractivity contribution < 1.29 is 4.79 Å². The number of nitrogens with zero attached hydrogens (tertiary/aromatic N) is 3. The van der Waals surface area contributed by atoms with Crippen molar-refractivity contribution in [2.45, 2.75) is 13.0 Å². The van der Waals surface area contributed by atoms with Crippen molar-refractivity contribution in [3.8, 4) is 0 Å². The number of benzene rings is 1. The van der Waals surface area contributed by atoms with Crippen LogP contribution in [0.4, 0.5) is 0 Å². The summed E-state index contributed by atoms with van der Waals surface area (Å²) in [4.78, 5) is 18.4. The fourth-order valence-corrected chi connectivity index (χ4v) is 2.48. The SMILES string of the molecule is Cl.Cl.O=C(CCn1cnc2ccccc21)N1CCNCC1. The minimum atomic E-state index is 0. The molecule has 1 aliphatic heterocycles. The molecule has 0 atom stereocenters. The van der Waals surface area contributed by atoms with Crippen LogP contribution in [-0.4, -0.2) is 46.5 Å². The predicted octanol–water partition coefficient (Wildman–Crippen LogP) is 1.70. The third-order valence-corrected chi connectivity index (χ3v) is 3.56. The lowest BCUT2D eigenvalue weighted by Gasteiger charge is -2.27. The van der Waals surface area contributed by atoms with Gasteiger partial charge in [-0.15, -0.1) is 24.8 Å². The highest BCUT2D eigenvalue weighted by Crippen LogP contribution is 2.12. The number of carbonyl (C=O) groups excluding carboxylic acids is 1. The van der Waals surface area contributed by atoms with Gasteiger partial charge in [0.1, 0.15) is 0 Å². The molecule has 0 aliphatic carbocycles. The molecule has 5 nitrogen and oxygen atoms in total. The van der Waals surface area contributed by atoms with Gasteiger partial charge in [0.2, 0.25) is 5.91 Å². The number of hydrogen-bond acceptors (Lipinski definition) is 3. The Balaban J connectivity index is 0.00000110. The Bertz CT molecular complexity index is 581. The first-order chi connectivity index (χ1) is 9.34. The standard InChI is InChI=1S/C14H18N4O.2ClH/c19-14(17-9-6-15-7-10-17)5-8-18-11-16-12-3-1-2-4-13(12)18;;/h1-4,11,15H,5-10H2;2*1H. The molecule has 1 aliphatic rings. The Hall–Kier alpha value is -1.30. The lowest BCUT2D eigenvalue weighted by Crippen LogP contribution is -2.46. The number of rotatable bonds is 3. The molecule has 0 radical (unpaired) electrons. The highest BCUT2D eigenvalue weighted by Gasteiger charge is 2.15. The highest BCUT2D eigenvalue weighted by atomic mass is 35.5. The zero-order valence-corrected chi connectivity index (χ0v) is 13.3. The predicted molar refractivity (Wildman–Crippen MR) is 88.3 cm³/mol. The zero-order valence-electron chi connectivity index (χ0n) is 11.7. The van der Waals surface area contributed by atoms with E-state index in [9.17, 15) is 4.79 Å². The lowest BCUT2D eigenvalue weighted by molar-refractivity contribution is -0.131. The van der Waals surface area contributed by atoms with Crippen molar-refractivity contribution in [2.75, 3.05) is 26.2 Å². The Labute approximate surface area is 136 Å². The average Bonchev–Trinajstić information content (AvgIpc) is 2.89.